The summed E-state index contributed by atoms with van der Waals surface area (Å²) in [7, 11) is 0. The number of amides is 1. The summed E-state index contributed by atoms with van der Waals surface area (Å²) in [6.45, 7) is -0.269. The van der Waals surface area contributed by atoms with Crippen molar-refractivity contribution < 1.29 is 19.8 Å². The van der Waals surface area contributed by atoms with Crippen LogP contribution in [0, 0.1) is 0 Å². The number of hydrogen-bond acceptors (Lipinski definition) is 4. The first-order valence-electron chi connectivity index (χ1n) is 5.88. The van der Waals surface area contributed by atoms with E-state index in [0.29, 0.717) is 5.75 Å². The molecule has 0 aromatic heterocycles. The molecular formula is C13H17NO4S. The van der Waals surface area contributed by atoms with Crippen LogP contribution in [0.25, 0.3) is 0 Å². The zero-order valence-electron chi connectivity index (χ0n) is 10.4. The lowest BCUT2D eigenvalue weighted by molar-refractivity contribution is -0.141. The quantitative estimate of drug-likeness (QED) is 0.659. The second-order valence-electron chi connectivity index (χ2n) is 3.95. The van der Waals surface area contributed by atoms with E-state index in [9.17, 15) is 9.59 Å². The lowest BCUT2D eigenvalue weighted by Crippen LogP contribution is -2.42. The number of nitrogens with one attached hydrogen (secondary N) is 1. The van der Waals surface area contributed by atoms with E-state index in [1.54, 1.807) is 0 Å². The maximum Gasteiger partial charge on any atom is 0.326 e. The minimum absolute atomic E-state index is 0.0183. The molecule has 0 radical (unpaired) electrons. The molecule has 0 saturated carbocycles. The smallest absolute Gasteiger partial charge is 0.326 e. The van der Waals surface area contributed by atoms with Gasteiger partial charge >= 0.3 is 5.97 Å². The van der Waals surface area contributed by atoms with Gasteiger partial charge < -0.3 is 15.5 Å². The summed E-state index contributed by atoms with van der Waals surface area (Å²) < 4.78 is 0. The van der Waals surface area contributed by atoms with Gasteiger partial charge in [0.25, 0.3) is 0 Å². The van der Waals surface area contributed by atoms with Gasteiger partial charge in [-0.15, -0.1) is 11.8 Å². The van der Waals surface area contributed by atoms with Crippen LogP contribution in [-0.2, 0) is 15.3 Å². The van der Waals surface area contributed by atoms with E-state index in [4.69, 9.17) is 10.2 Å². The highest BCUT2D eigenvalue weighted by atomic mass is 32.2. The largest absolute Gasteiger partial charge is 0.480 e. The number of carboxylic acid groups (broad SMARTS) is 1. The van der Waals surface area contributed by atoms with Crippen molar-refractivity contribution in [3.63, 3.8) is 0 Å². The molecule has 0 saturated heterocycles. The number of carboxylic acids is 1. The van der Waals surface area contributed by atoms with Gasteiger partial charge in [0.05, 0.1) is 5.75 Å². The van der Waals surface area contributed by atoms with Crippen molar-refractivity contribution in [1.29, 1.82) is 0 Å². The van der Waals surface area contributed by atoms with Gasteiger partial charge in [-0.3, -0.25) is 4.79 Å². The molecule has 1 aromatic carbocycles. The predicted octanol–water partition coefficient (Wildman–Crippen LogP) is 0.872. The third kappa shape index (κ3) is 6.26. The van der Waals surface area contributed by atoms with E-state index < -0.39 is 12.0 Å². The van der Waals surface area contributed by atoms with Crippen molar-refractivity contribution in [2.75, 3.05) is 12.4 Å². The molecule has 0 heterocycles. The van der Waals surface area contributed by atoms with Crippen LogP contribution in [-0.4, -0.2) is 40.5 Å². The van der Waals surface area contributed by atoms with E-state index in [0.717, 1.165) is 5.56 Å². The Kier molecular flexibility index (Phi) is 6.99. The van der Waals surface area contributed by atoms with Crippen molar-refractivity contribution in [3.8, 4) is 0 Å². The van der Waals surface area contributed by atoms with Crippen molar-refractivity contribution in [1.82, 2.24) is 5.32 Å². The van der Waals surface area contributed by atoms with Crippen molar-refractivity contribution in [2.24, 2.45) is 0 Å². The number of aliphatic hydroxyl groups excluding tert-OH is 1. The minimum Gasteiger partial charge on any atom is -0.480 e. The van der Waals surface area contributed by atoms with Crippen molar-refractivity contribution in [2.45, 2.75) is 18.2 Å². The summed E-state index contributed by atoms with van der Waals surface area (Å²) in [6, 6.07) is 8.70. The first kappa shape index (κ1) is 15.5. The first-order valence-corrected chi connectivity index (χ1v) is 7.03. The van der Waals surface area contributed by atoms with Crippen LogP contribution < -0.4 is 5.32 Å². The van der Waals surface area contributed by atoms with E-state index in [2.05, 4.69) is 5.32 Å². The van der Waals surface area contributed by atoms with Crippen LogP contribution in [0.2, 0.25) is 0 Å². The number of aliphatic hydroxyl groups is 1. The lowest BCUT2D eigenvalue weighted by Gasteiger charge is -2.12. The molecule has 1 rings (SSSR count). The Morgan fingerprint density at radius 2 is 1.95 bits per heavy atom. The fraction of sp³-hybridized carbons (Fsp3) is 0.385. The fourth-order valence-electron chi connectivity index (χ4n) is 1.46. The Balaban J connectivity index is 2.29. The molecule has 0 bridgehead atoms. The van der Waals surface area contributed by atoms with E-state index >= 15 is 0 Å². The summed E-state index contributed by atoms with van der Waals surface area (Å²) in [5, 5.41) is 19.9. The van der Waals surface area contributed by atoms with Crippen LogP contribution in [0.15, 0.2) is 30.3 Å². The van der Waals surface area contributed by atoms with E-state index in [1.807, 2.05) is 30.3 Å². The number of carbonyl (C=O) groups excluding carboxylic acids is 1. The Labute approximate surface area is 116 Å². The van der Waals surface area contributed by atoms with Crippen LogP contribution in [0.5, 0.6) is 0 Å². The summed E-state index contributed by atoms with van der Waals surface area (Å²) in [5.74, 6) is -0.562. The maximum absolute atomic E-state index is 11.5. The number of hydrogen-bond donors (Lipinski definition) is 3. The van der Waals surface area contributed by atoms with Gasteiger partial charge in [-0.2, -0.15) is 0 Å². The van der Waals surface area contributed by atoms with Gasteiger partial charge in [-0.05, 0) is 5.56 Å². The molecule has 3 N–H and O–H groups in total. The van der Waals surface area contributed by atoms with Crippen LogP contribution >= 0.6 is 11.8 Å². The van der Waals surface area contributed by atoms with Crippen molar-refractivity contribution >= 4 is 23.6 Å². The SMILES string of the molecule is O=C(CSCc1ccccc1)N[C@H](CCO)C(=O)O. The summed E-state index contributed by atoms with van der Waals surface area (Å²) in [4.78, 5) is 22.3. The molecule has 0 aliphatic carbocycles. The Morgan fingerprint density at radius 3 is 2.53 bits per heavy atom. The topological polar surface area (TPSA) is 86.6 Å². The summed E-state index contributed by atoms with van der Waals surface area (Å²) >= 11 is 1.42. The molecule has 6 heteroatoms. The predicted molar refractivity (Wildman–Crippen MR) is 73.9 cm³/mol. The molecule has 1 aromatic rings. The molecule has 5 nitrogen and oxygen atoms in total. The Hall–Kier alpha value is -1.53. The fourth-order valence-corrected chi connectivity index (χ4v) is 2.26. The number of carbonyl (C=O) groups is 2. The van der Waals surface area contributed by atoms with Gasteiger partial charge in [-0.1, -0.05) is 30.3 Å². The zero-order valence-corrected chi connectivity index (χ0v) is 11.2. The summed E-state index contributed by atoms with van der Waals surface area (Å²) in [6.07, 6.45) is 0.0183. The highest BCUT2D eigenvalue weighted by Gasteiger charge is 2.18. The molecule has 0 aliphatic heterocycles. The second kappa shape index (κ2) is 8.55. The van der Waals surface area contributed by atoms with Gasteiger partial charge in [0, 0.05) is 18.8 Å². The average molecular weight is 283 g/mol. The molecule has 19 heavy (non-hydrogen) atoms. The second-order valence-corrected chi connectivity index (χ2v) is 4.93. The monoisotopic (exact) mass is 283 g/mol. The third-order valence-corrected chi connectivity index (χ3v) is 3.40. The number of rotatable bonds is 8. The Bertz CT molecular complexity index is 410. The molecule has 0 fully saturated rings. The first-order chi connectivity index (χ1) is 9.13. The van der Waals surface area contributed by atoms with Crippen LogP contribution in [0.1, 0.15) is 12.0 Å². The van der Waals surface area contributed by atoms with Crippen LogP contribution in [0.4, 0.5) is 0 Å². The summed E-state index contributed by atoms with van der Waals surface area (Å²) in [5.41, 5.74) is 1.12. The van der Waals surface area contributed by atoms with E-state index in [-0.39, 0.29) is 24.7 Å². The normalized spacial score (nSPS) is 11.8. The molecule has 104 valence electrons. The maximum atomic E-state index is 11.5. The lowest BCUT2D eigenvalue weighted by atomic mass is 10.2. The third-order valence-electron chi connectivity index (χ3n) is 2.40. The molecule has 0 spiro atoms. The van der Waals surface area contributed by atoms with Crippen LogP contribution in [0.3, 0.4) is 0 Å². The van der Waals surface area contributed by atoms with Gasteiger partial charge in [0.15, 0.2) is 0 Å². The van der Waals surface area contributed by atoms with Gasteiger partial charge in [-0.25, -0.2) is 4.79 Å². The number of aliphatic carboxylic acids is 1. The number of thioether (sulfide) groups is 1. The standard InChI is InChI=1S/C13H17NO4S/c15-7-6-11(13(17)18)14-12(16)9-19-8-10-4-2-1-3-5-10/h1-5,11,15H,6-9H2,(H,14,16)(H,17,18)/t11-/m1/s1. The molecule has 1 amide bonds. The molecule has 0 unspecified atom stereocenters. The average Bonchev–Trinajstić information content (AvgIpc) is 2.39. The zero-order chi connectivity index (χ0) is 14.1. The van der Waals surface area contributed by atoms with E-state index in [1.165, 1.54) is 11.8 Å². The Morgan fingerprint density at radius 1 is 1.26 bits per heavy atom. The molecule has 1 atom stereocenters. The minimum atomic E-state index is -1.13. The van der Waals surface area contributed by atoms with Gasteiger partial charge in [0.2, 0.25) is 5.91 Å². The molecule has 0 aliphatic rings. The number of benzene rings is 1. The highest BCUT2D eigenvalue weighted by molar-refractivity contribution is 7.99. The van der Waals surface area contributed by atoms with Gasteiger partial charge in [0.1, 0.15) is 6.04 Å². The van der Waals surface area contributed by atoms with Crippen molar-refractivity contribution in [3.05, 3.63) is 35.9 Å². The highest BCUT2D eigenvalue weighted by Crippen LogP contribution is 2.11. The molecular weight excluding hydrogens is 266 g/mol.